The highest BCUT2D eigenvalue weighted by Gasteiger charge is 2.30. The van der Waals surface area contributed by atoms with Crippen LogP contribution < -0.4 is 0 Å². The van der Waals surface area contributed by atoms with Crippen LogP contribution in [0, 0.1) is 10.1 Å². The molecule has 1 fully saturated rings. The number of nitro groups is 1. The minimum Gasteiger partial charge on any atom is -0.378 e. The molecule has 5 nitrogen and oxygen atoms in total. The van der Waals surface area contributed by atoms with E-state index in [1.54, 1.807) is 0 Å². The van der Waals surface area contributed by atoms with Gasteiger partial charge in [-0.05, 0) is 5.56 Å². The van der Waals surface area contributed by atoms with Gasteiger partial charge >= 0.3 is 5.70 Å². The van der Waals surface area contributed by atoms with Gasteiger partial charge in [0.25, 0.3) is 0 Å². The van der Waals surface area contributed by atoms with Crippen LogP contribution in [-0.2, 0) is 10.5 Å². The maximum absolute atomic E-state index is 11.6. The highest BCUT2D eigenvalue weighted by atomic mass is 35.5. The minimum atomic E-state index is -0.546. The molecule has 1 aliphatic heterocycles. The van der Waals surface area contributed by atoms with Crippen LogP contribution >= 0.6 is 46.6 Å². The second-order valence-corrected chi connectivity index (χ2v) is 7.15. The van der Waals surface area contributed by atoms with Crippen LogP contribution in [0.5, 0.6) is 0 Å². The zero-order valence-corrected chi connectivity index (χ0v) is 15.7. The van der Waals surface area contributed by atoms with Crippen molar-refractivity contribution in [2.45, 2.75) is 5.75 Å². The van der Waals surface area contributed by atoms with Crippen molar-refractivity contribution in [3.05, 3.63) is 66.3 Å². The summed E-state index contributed by atoms with van der Waals surface area (Å²) in [6.07, 6.45) is 0. The van der Waals surface area contributed by atoms with Crippen molar-refractivity contribution >= 4 is 46.6 Å². The van der Waals surface area contributed by atoms with E-state index >= 15 is 0 Å². The fourth-order valence-electron chi connectivity index (χ4n) is 2.14. The SMILES string of the molecule is O=[N+]([O-])/C(C(Cl)=C(Cl)Cl)=C(/SCc1ccccc1)N1CCOCC1. The molecule has 0 amide bonds. The number of hydrogen-bond donors (Lipinski definition) is 0. The largest absolute Gasteiger partial charge is 0.378 e. The molecule has 1 aliphatic rings. The van der Waals surface area contributed by atoms with Gasteiger partial charge in [-0.25, -0.2) is 0 Å². The number of thioether (sulfide) groups is 1. The molecule has 0 aliphatic carbocycles. The van der Waals surface area contributed by atoms with Crippen LogP contribution in [0.3, 0.4) is 0 Å². The summed E-state index contributed by atoms with van der Waals surface area (Å²) in [5.74, 6) is 0.564. The summed E-state index contributed by atoms with van der Waals surface area (Å²) < 4.78 is 5.00. The number of ether oxygens (including phenoxy) is 1. The summed E-state index contributed by atoms with van der Waals surface area (Å²) >= 11 is 18.7. The second kappa shape index (κ2) is 9.53. The van der Waals surface area contributed by atoms with Gasteiger partial charge in [0.2, 0.25) is 0 Å². The summed E-state index contributed by atoms with van der Waals surface area (Å²) in [6.45, 7) is 2.07. The Morgan fingerprint density at radius 2 is 1.83 bits per heavy atom. The summed E-state index contributed by atoms with van der Waals surface area (Å²) in [7, 11) is 0. The van der Waals surface area contributed by atoms with Crippen molar-refractivity contribution in [1.29, 1.82) is 0 Å². The van der Waals surface area contributed by atoms with Crippen LogP contribution in [0.2, 0.25) is 0 Å². The second-order valence-electron chi connectivity index (χ2n) is 4.86. The predicted molar refractivity (Wildman–Crippen MR) is 98.7 cm³/mol. The third-order valence-corrected chi connectivity index (χ3v) is 5.42. The normalized spacial score (nSPS) is 15.7. The van der Waals surface area contributed by atoms with E-state index in [2.05, 4.69) is 0 Å². The number of nitrogens with zero attached hydrogens (tertiary/aromatic N) is 2. The Labute approximate surface area is 159 Å². The molecule has 0 spiro atoms. The van der Waals surface area contributed by atoms with Crippen LogP contribution in [-0.4, -0.2) is 36.1 Å². The average molecular weight is 410 g/mol. The lowest BCUT2D eigenvalue weighted by Gasteiger charge is -2.30. The summed E-state index contributed by atoms with van der Waals surface area (Å²) in [6, 6.07) is 9.68. The lowest BCUT2D eigenvalue weighted by Crippen LogP contribution is -2.36. The number of allylic oxidation sites excluding steroid dienone is 1. The monoisotopic (exact) mass is 408 g/mol. The molecule has 2 rings (SSSR count). The van der Waals surface area contributed by atoms with E-state index in [-0.39, 0.29) is 15.2 Å². The first-order valence-electron chi connectivity index (χ1n) is 7.10. The first-order valence-corrected chi connectivity index (χ1v) is 9.22. The van der Waals surface area contributed by atoms with Gasteiger partial charge < -0.3 is 9.64 Å². The van der Waals surface area contributed by atoms with Crippen molar-refractivity contribution in [1.82, 2.24) is 4.90 Å². The highest BCUT2D eigenvalue weighted by Crippen LogP contribution is 2.35. The standard InChI is InChI=1S/C15H15Cl3N2O3S/c16-12(14(17)18)13(20(21)22)15(19-6-8-23-9-7-19)24-10-11-4-2-1-3-5-11/h1-5H,6-10H2/b15-13+. The molecule has 1 saturated heterocycles. The van der Waals surface area contributed by atoms with E-state index in [4.69, 9.17) is 39.5 Å². The van der Waals surface area contributed by atoms with Gasteiger partial charge in [0.1, 0.15) is 4.49 Å². The highest BCUT2D eigenvalue weighted by molar-refractivity contribution is 8.02. The van der Waals surface area contributed by atoms with Crippen molar-refractivity contribution in [3.63, 3.8) is 0 Å². The maximum atomic E-state index is 11.6. The van der Waals surface area contributed by atoms with Gasteiger partial charge in [-0.3, -0.25) is 10.1 Å². The average Bonchev–Trinajstić information content (AvgIpc) is 2.59. The van der Waals surface area contributed by atoms with E-state index < -0.39 is 4.92 Å². The van der Waals surface area contributed by atoms with Crippen molar-refractivity contribution in [3.8, 4) is 0 Å². The Morgan fingerprint density at radius 1 is 1.21 bits per heavy atom. The number of morpholine rings is 1. The fourth-order valence-corrected chi connectivity index (χ4v) is 3.71. The van der Waals surface area contributed by atoms with E-state index in [1.165, 1.54) is 11.8 Å². The molecule has 0 aromatic heterocycles. The number of hydrogen-bond acceptors (Lipinski definition) is 5. The van der Waals surface area contributed by atoms with Crippen molar-refractivity contribution in [2.75, 3.05) is 26.3 Å². The molecule has 0 radical (unpaired) electrons. The van der Waals surface area contributed by atoms with Gasteiger partial charge in [0, 0.05) is 18.8 Å². The topological polar surface area (TPSA) is 55.6 Å². The number of halogens is 3. The van der Waals surface area contributed by atoms with E-state index in [0.717, 1.165) is 5.56 Å². The molecule has 0 unspecified atom stereocenters. The molecule has 0 atom stereocenters. The van der Waals surface area contributed by atoms with Crippen LogP contribution in [0.25, 0.3) is 0 Å². The smallest absolute Gasteiger partial charge is 0.320 e. The molecular weight excluding hydrogens is 395 g/mol. The Kier molecular flexibility index (Phi) is 7.71. The number of rotatable bonds is 6. The lowest BCUT2D eigenvalue weighted by atomic mass is 10.2. The van der Waals surface area contributed by atoms with Gasteiger partial charge in [-0.2, -0.15) is 0 Å². The molecule has 0 N–H and O–H groups in total. The number of benzene rings is 1. The van der Waals surface area contributed by atoms with Crippen molar-refractivity contribution < 1.29 is 9.66 Å². The Bertz CT molecular complexity index is 643. The molecule has 1 aromatic rings. The Morgan fingerprint density at radius 3 is 2.38 bits per heavy atom. The third kappa shape index (κ3) is 5.29. The van der Waals surface area contributed by atoms with E-state index in [9.17, 15) is 10.1 Å². The van der Waals surface area contributed by atoms with Gasteiger partial charge in [0.05, 0.1) is 18.1 Å². The zero-order chi connectivity index (χ0) is 17.5. The third-order valence-electron chi connectivity index (χ3n) is 3.28. The Balaban J connectivity index is 2.37. The molecule has 130 valence electrons. The quantitative estimate of drug-likeness (QED) is 0.391. The van der Waals surface area contributed by atoms with Crippen LogP contribution in [0.15, 0.2) is 50.6 Å². The Hall–Kier alpha value is -0.920. The maximum Gasteiger partial charge on any atom is 0.320 e. The summed E-state index contributed by atoms with van der Waals surface area (Å²) in [5, 5.41) is 11.8. The lowest BCUT2D eigenvalue weighted by molar-refractivity contribution is -0.421. The van der Waals surface area contributed by atoms with Gasteiger partial charge in [0.15, 0.2) is 10.1 Å². The first kappa shape index (κ1) is 19.4. The van der Waals surface area contributed by atoms with Crippen molar-refractivity contribution in [2.24, 2.45) is 0 Å². The molecule has 9 heteroatoms. The van der Waals surface area contributed by atoms with Gasteiger partial charge in [-0.1, -0.05) is 76.9 Å². The van der Waals surface area contributed by atoms with Crippen LogP contribution in [0.1, 0.15) is 5.56 Å². The van der Waals surface area contributed by atoms with E-state index in [1.807, 2.05) is 35.2 Å². The molecular formula is C15H15Cl3N2O3S. The molecule has 1 aromatic carbocycles. The predicted octanol–water partition coefficient (Wildman–Crippen LogP) is 4.58. The van der Waals surface area contributed by atoms with Gasteiger partial charge in [-0.15, -0.1) is 0 Å². The molecule has 24 heavy (non-hydrogen) atoms. The minimum absolute atomic E-state index is 0.259. The molecule has 0 bridgehead atoms. The summed E-state index contributed by atoms with van der Waals surface area (Å²) in [5.41, 5.74) is 0.771. The molecule has 0 saturated carbocycles. The fraction of sp³-hybridized carbons (Fsp3) is 0.333. The van der Waals surface area contributed by atoms with E-state index in [0.29, 0.717) is 37.1 Å². The van der Waals surface area contributed by atoms with Crippen LogP contribution in [0.4, 0.5) is 0 Å². The first-order chi connectivity index (χ1) is 11.5. The zero-order valence-electron chi connectivity index (χ0n) is 12.6. The molecule has 1 heterocycles. The summed E-state index contributed by atoms with van der Waals surface area (Å²) in [4.78, 5) is 12.9.